The number of aryl methyl sites for hydroxylation is 1. The molecule has 0 atom stereocenters. The fourth-order valence-electron chi connectivity index (χ4n) is 1.94. The Bertz CT molecular complexity index is 813. The Kier molecular flexibility index (Phi) is 4.34. The summed E-state index contributed by atoms with van der Waals surface area (Å²) in [6.45, 7) is 1.96. The molecule has 3 rings (SSSR count). The minimum atomic E-state index is -0.298. The molecule has 0 spiro atoms. The van der Waals surface area contributed by atoms with Gasteiger partial charge in [-0.25, -0.2) is 4.98 Å². The maximum atomic E-state index is 12.1. The van der Waals surface area contributed by atoms with Crippen LogP contribution in [0.2, 0.25) is 5.15 Å². The normalized spacial score (nSPS) is 10.5. The molecular formula is C16H13ClN4O2. The zero-order valence-corrected chi connectivity index (χ0v) is 13.0. The average Bonchev–Trinajstić information content (AvgIpc) is 2.97. The third kappa shape index (κ3) is 3.92. The maximum Gasteiger partial charge on any atom is 0.322 e. The summed E-state index contributed by atoms with van der Waals surface area (Å²) >= 11 is 5.73. The highest BCUT2D eigenvalue weighted by molar-refractivity contribution is 6.29. The smallest absolute Gasteiger partial charge is 0.322 e. The van der Waals surface area contributed by atoms with Crippen LogP contribution in [0.4, 0.5) is 6.01 Å². The molecule has 7 heteroatoms. The van der Waals surface area contributed by atoms with Crippen molar-refractivity contribution in [2.24, 2.45) is 0 Å². The summed E-state index contributed by atoms with van der Waals surface area (Å²) in [5, 5.41) is 10.7. The van der Waals surface area contributed by atoms with Crippen LogP contribution in [0, 0.1) is 6.92 Å². The number of hydrogen-bond acceptors (Lipinski definition) is 5. The number of carbonyl (C=O) groups excluding carboxylic acids is 1. The van der Waals surface area contributed by atoms with Gasteiger partial charge >= 0.3 is 6.01 Å². The molecule has 116 valence electrons. The van der Waals surface area contributed by atoms with Crippen molar-refractivity contribution in [1.82, 2.24) is 15.2 Å². The van der Waals surface area contributed by atoms with Gasteiger partial charge in [-0.2, -0.15) is 0 Å². The molecule has 2 heterocycles. The number of hydrogen-bond donors (Lipinski definition) is 1. The summed E-state index contributed by atoms with van der Waals surface area (Å²) in [5.41, 5.74) is 2.49. The van der Waals surface area contributed by atoms with Crippen LogP contribution in [0.1, 0.15) is 27.4 Å². The highest BCUT2D eigenvalue weighted by Gasteiger charge is 2.12. The van der Waals surface area contributed by atoms with Crippen molar-refractivity contribution in [3.05, 3.63) is 70.3 Å². The minimum Gasteiger partial charge on any atom is -0.407 e. The molecule has 6 nitrogen and oxygen atoms in total. The van der Waals surface area contributed by atoms with Crippen molar-refractivity contribution >= 4 is 23.5 Å². The lowest BCUT2D eigenvalue weighted by atomic mass is 10.1. The molecule has 0 aliphatic rings. The van der Waals surface area contributed by atoms with Crippen molar-refractivity contribution < 1.29 is 9.21 Å². The van der Waals surface area contributed by atoms with E-state index < -0.39 is 0 Å². The van der Waals surface area contributed by atoms with Crippen molar-refractivity contribution in [2.45, 2.75) is 13.3 Å². The molecule has 0 bridgehead atoms. The van der Waals surface area contributed by atoms with Gasteiger partial charge in [-0.1, -0.05) is 40.5 Å². The number of halogens is 1. The molecule has 1 N–H and O–H groups in total. The standard InChI is InChI=1S/C16H13ClN4O2/c1-10-2-5-12(6-3-10)15(22)19-16-21-20-14(23-16)8-11-4-7-13(17)18-9-11/h2-7,9H,8H2,1H3,(H,19,21,22). The fourth-order valence-corrected chi connectivity index (χ4v) is 2.05. The lowest BCUT2D eigenvalue weighted by Gasteiger charge is -2.00. The molecule has 1 amide bonds. The molecule has 0 aliphatic carbocycles. The second-order valence-electron chi connectivity index (χ2n) is 4.99. The molecule has 2 aromatic heterocycles. The monoisotopic (exact) mass is 328 g/mol. The molecule has 3 aromatic rings. The van der Waals surface area contributed by atoms with Gasteiger partial charge in [-0.15, -0.1) is 5.10 Å². The third-order valence-corrected chi connectivity index (χ3v) is 3.37. The Balaban J connectivity index is 1.66. The lowest BCUT2D eigenvalue weighted by molar-refractivity contribution is 0.102. The van der Waals surface area contributed by atoms with Gasteiger partial charge in [0.05, 0.1) is 6.42 Å². The Hall–Kier alpha value is -2.73. The molecule has 0 radical (unpaired) electrons. The topological polar surface area (TPSA) is 80.9 Å². The van der Waals surface area contributed by atoms with Crippen molar-refractivity contribution in [3.63, 3.8) is 0 Å². The molecular weight excluding hydrogens is 316 g/mol. The second-order valence-corrected chi connectivity index (χ2v) is 5.37. The van der Waals surface area contributed by atoms with E-state index in [0.29, 0.717) is 23.0 Å². The highest BCUT2D eigenvalue weighted by atomic mass is 35.5. The van der Waals surface area contributed by atoms with Crippen molar-refractivity contribution in [3.8, 4) is 0 Å². The van der Waals surface area contributed by atoms with E-state index in [2.05, 4.69) is 20.5 Å². The van der Waals surface area contributed by atoms with E-state index in [0.717, 1.165) is 11.1 Å². The van der Waals surface area contributed by atoms with Crippen LogP contribution in [-0.2, 0) is 6.42 Å². The molecule has 1 aromatic carbocycles. The number of nitrogens with one attached hydrogen (secondary N) is 1. The van der Waals surface area contributed by atoms with Crippen molar-refractivity contribution in [1.29, 1.82) is 0 Å². The minimum absolute atomic E-state index is 0.0625. The molecule has 23 heavy (non-hydrogen) atoms. The van der Waals surface area contributed by atoms with E-state index in [1.807, 2.05) is 25.1 Å². The number of nitrogens with zero attached hydrogens (tertiary/aromatic N) is 3. The number of rotatable bonds is 4. The van der Waals surface area contributed by atoms with Gasteiger partial charge < -0.3 is 4.42 Å². The Labute approximate surface area is 137 Å². The number of aromatic nitrogens is 3. The Morgan fingerprint density at radius 3 is 2.65 bits per heavy atom. The third-order valence-electron chi connectivity index (χ3n) is 3.15. The van der Waals surface area contributed by atoms with Gasteiger partial charge in [-0.05, 0) is 30.7 Å². The van der Waals surface area contributed by atoms with Crippen LogP contribution in [0.15, 0.2) is 47.0 Å². The summed E-state index contributed by atoms with van der Waals surface area (Å²) in [6.07, 6.45) is 2.05. The molecule has 0 saturated carbocycles. The summed E-state index contributed by atoms with van der Waals surface area (Å²) in [5.74, 6) is 0.0849. The van der Waals surface area contributed by atoms with Crippen LogP contribution in [0.25, 0.3) is 0 Å². The van der Waals surface area contributed by atoms with Gasteiger partial charge in [0, 0.05) is 11.8 Å². The van der Waals surface area contributed by atoms with E-state index >= 15 is 0 Å². The lowest BCUT2D eigenvalue weighted by Crippen LogP contribution is -2.11. The van der Waals surface area contributed by atoms with Crippen LogP contribution in [0.3, 0.4) is 0 Å². The molecule has 0 unspecified atom stereocenters. The van der Waals surface area contributed by atoms with Crippen LogP contribution < -0.4 is 5.32 Å². The first-order chi connectivity index (χ1) is 11.1. The highest BCUT2D eigenvalue weighted by Crippen LogP contribution is 2.13. The van der Waals surface area contributed by atoms with Gasteiger partial charge in [0.1, 0.15) is 5.15 Å². The molecule has 0 fully saturated rings. The van der Waals surface area contributed by atoms with Gasteiger partial charge in [-0.3, -0.25) is 10.1 Å². The van der Waals surface area contributed by atoms with E-state index in [9.17, 15) is 4.79 Å². The Morgan fingerprint density at radius 1 is 1.17 bits per heavy atom. The van der Waals surface area contributed by atoms with Crippen LogP contribution >= 0.6 is 11.6 Å². The second kappa shape index (κ2) is 6.58. The number of carbonyl (C=O) groups is 1. The summed E-state index contributed by atoms with van der Waals surface area (Å²) in [6, 6.07) is 10.8. The SMILES string of the molecule is Cc1ccc(C(=O)Nc2nnc(Cc3ccc(Cl)nc3)o2)cc1. The molecule has 0 aliphatic heterocycles. The number of pyridine rings is 1. The number of amides is 1. The summed E-state index contributed by atoms with van der Waals surface area (Å²) in [7, 11) is 0. The van der Waals surface area contributed by atoms with Crippen LogP contribution in [-0.4, -0.2) is 21.1 Å². The largest absolute Gasteiger partial charge is 0.407 e. The molecule has 0 saturated heterocycles. The number of benzene rings is 1. The number of anilines is 1. The zero-order chi connectivity index (χ0) is 16.2. The zero-order valence-electron chi connectivity index (χ0n) is 12.3. The summed E-state index contributed by atoms with van der Waals surface area (Å²) < 4.78 is 5.42. The van der Waals surface area contributed by atoms with Gasteiger partial charge in [0.15, 0.2) is 0 Å². The first-order valence-electron chi connectivity index (χ1n) is 6.91. The van der Waals surface area contributed by atoms with E-state index in [4.69, 9.17) is 16.0 Å². The first-order valence-corrected chi connectivity index (χ1v) is 7.29. The first kappa shape index (κ1) is 15.2. The Morgan fingerprint density at radius 2 is 1.96 bits per heavy atom. The summed E-state index contributed by atoms with van der Waals surface area (Å²) in [4.78, 5) is 16.0. The van der Waals surface area contributed by atoms with E-state index in [1.165, 1.54) is 0 Å². The van der Waals surface area contributed by atoms with E-state index in [-0.39, 0.29) is 11.9 Å². The predicted molar refractivity (Wildman–Crippen MR) is 85.5 cm³/mol. The maximum absolute atomic E-state index is 12.1. The average molecular weight is 329 g/mol. The predicted octanol–water partition coefficient (Wildman–Crippen LogP) is 3.27. The van der Waals surface area contributed by atoms with Crippen LogP contribution in [0.5, 0.6) is 0 Å². The quantitative estimate of drug-likeness (QED) is 0.743. The van der Waals surface area contributed by atoms with Crippen molar-refractivity contribution in [2.75, 3.05) is 5.32 Å². The van der Waals surface area contributed by atoms with Gasteiger partial charge in [0.25, 0.3) is 5.91 Å². The fraction of sp³-hybridized carbons (Fsp3) is 0.125. The van der Waals surface area contributed by atoms with Gasteiger partial charge in [0.2, 0.25) is 5.89 Å². The van der Waals surface area contributed by atoms with E-state index in [1.54, 1.807) is 24.4 Å².